The van der Waals surface area contributed by atoms with Crippen molar-refractivity contribution in [2.75, 3.05) is 0 Å². The summed E-state index contributed by atoms with van der Waals surface area (Å²) in [5.41, 5.74) is 2.57. The second kappa shape index (κ2) is 6.13. The summed E-state index contributed by atoms with van der Waals surface area (Å²) >= 11 is 7.88. The van der Waals surface area contributed by atoms with Gasteiger partial charge >= 0.3 is 0 Å². The van der Waals surface area contributed by atoms with E-state index < -0.39 is 0 Å². The first-order chi connectivity index (χ1) is 8.28. The predicted octanol–water partition coefficient (Wildman–Crippen LogP) is 4.99. The summed E-state index contributed by atoms with van der Waals surface area (Å²) in [5, 5.41) is 0.831. The van der Waals surface area contributed by atoms with Crippen molar-refractivity contribution in [1.82, 2.24) is 0 Å². The maximum atomic E-state index is 6.09. The van der Waals surface area contributed by atoms with Crippen LogP contribution in [0.15, 0.2) is 47.4 Å². The van der Waals surface area contributed by atoms with Crippen LogP contribution in [0, 0.1) is 6.07 Å². The minimum absolute atomic E-state index is 0.831. The first-order valence-electron chi connectivity index (χ1n) is 5.66. The summed E-state index contributed by atoms with van der Waals surface area (Å²) in [5.74, 6) is 0.939. The molecule has 0 aromatic heterocycles. The van der Waals surface area contributed by atoms with E-state index in [4.69, 9.17) is 11.6 Å². The van der Waals surface area contributed by atoms with Gasteiger partial charge in [-0.25, -0.2) is 0 Å². The Bertz CT molecular complexity index is 480. The molecule has 0 aliphatic carbocycles. The quantitative estimate of drug-likeness (QED) is 0.699. The van der Waals surface area contributed by atoms with E-state index in [-0.39, 0.29) is 0 Å². The van der Waals surface area contributed by atoms with E-state index in [9.17, 15) is 0 Å². The maximum Gasteiger partial charge on any atom is 0.0411 e. The van der Waals surface area contributed by atoms with Gasteiger partial charge in [-0.1, -0.05) is 42.8 Å². The molecule has 87 valence electrons. The van der Waals surface area contributed by atoms with Crippen molar-refractivity contribution in [3.05, 3.63) is 64.7 Å². The Morgan fingerprint density at radius 1 is 1.18 bits per heavy atom. The van der Waals surface area contributed by atoms with Crippen molar-refractivity contribution in [1.29, 1.82) is 0 Å². The summed E-state index contributed by atoms with van der Waals surface area (Å²) in [6.07, 6.45) is 1.02. The lowest BCUT2D eigenvalue weighted by Crippen LogP contribution is -1.86. The van der Waals surface area contributed by atoms with Crippen LogP contribution >= 0.6 is 23.4 Å². The van der Waals surface area contributed by atoms with E-state index in [0.717, 1.165) is 17.2 Å². The third kappa shape index (κ3) is 3.79. The van der Waals surface area contributed by atoms with Crippen LogP contribution in [0.4, 0.5) is 0 Å². The van der Waals surface area contributed by atoms with Crippen LogP contribution in [-0.2, 0) is 12.2 Å². The maximum absolute atomic E-state index is 6.09. The Labute approximate surface area is 112 Å². The molecule has 0 spiro atoms. The van der Waals surface area contributed by atoms with Gasteiger partial charge in [0.25, 0.3) is 0 Å². The van der Waals surface area contributed by atoms with Crippen molar-refractivity contribution >= 4 is 23.4 Å². The second-order valence-electron chi connectivity index (χ2n) is 3.84. The van der Waals surface area contributed by atoms with Gasteiger partial charge in [-0.15, -0.1) is 11.8 Å². The van der Waals surface area contributed by atoms with Crippen LogP contribution in [0.3, 0.4) is 0 Å². The van der Waals surface area contributed by atoms with E-state index in [1.165, 1.54) is 16.0 Å². The SMILES string of the molecule is CCc1cc(Cl)cc(CSc2[c]cccc2)c1. The monoisotopic (exact) mass is 261 g/mol. The lowest BCUT2D eigenvalue weighted by atomic mass is 10.1. The fraction of sp³-hybridized carbons (Fsp3) is 0.200. The molecule has 17 heavy (non-hydrogen) atoms. The molecule has 2 heteroatoms. The number of halogens is 1. The number of benzene rings is 2. The van der Waals surface area contributed by atoms with Gasteiger partial charge in [-0.3, -0.25) is 0 Å². The summed E-state index contributed by atoms with van der Waals surface area (Å²) in [6, 6.07) is 17.5. The van der Waals surface area contributed by atoms with Gasteiger partial charge in [-0.2, -0.15) is 0 Å². The van der Waals surface area contributed by atoms with E-state index >= 15 is 0 Å². The van der Waals surface area contributed by atoms with Crippen molar-refractivity contribution in [2.45, 2.75) is 24.0 Å². The predicted molar refractivity (Wildman–Crippen MR) is 75.7 cm³/mol. The van der Waals surface area contributed by atoms with Crippen LogP contribution in [0.2, 0.25) is 5.02 Å². The summed E-state index contributed by atoms with van der Waals surface area (Å²) in [4.78, 5) is 1.17. The van der Waals surface area contributed by atoms with Crippen LogP contribution < -0.4 is 0 Å². The number of aryl methyl sites for hydroxylation is 1. The lowest BCUT2D eigenvalue weighted by Gasteiger charge is -2.05. The Morgan fingerprint density at radius 3 is 2.71 bits per heavy atom. The Balaban J connectivity index is 2.06. The Hall–Kier alpha value is -0.920. The van der Waals surface area contributed by atoms with Gasteiger partial charge in [0.1, 0.15) is 0 Å². The molecule has 2 aromatic rings. The fourth-order valence-electron chi connectivity index (χ4n) is 1.63. The molecule has 2 rings (SSSR count). The second-order valence-corrected chi connectivity index (χ2v) is 5.29. The molecular weight excluding hydrogens is 248 g/mol. The van der Waals surface area contributed by atoms with Crippen LogP contribution in [0.5, 0.6) is 0 Å². The van der Waals surface area contributed by atoms with E-state index in [1.54, 1.807) is 11.8 Å². The van der Waals surface area contributed by atoms with Crippen molar-refractivity contribution < 1.29 is 0 Å². The van der Waals surface area contributed by atoms with E-state index in [0.29, 0.717) is 0 Å². The third-order valence-electron chi connectivity index (χ3n) is 2.50. The molecule has 0 atom stereocenters. The molecule has 0 saturated heterocycles. The third-order valence-corrected chi connectivity index (χ3v) is 3.76. The molecule has 0 bridgehead atoms. The summed E-state index contributed by atoms with van der Waals surface area (Å²) < 4.78 is 0. The van der Waals surface area contributed by atoms with Crippen LogP contribution in [0.25, 0.3) is 0 Å². The standard InChI is InChI=1S/C15H14ClS/c1-2-12-8-13(10-14(16)9-12)11-17-15-6-4-3-5-7-15/h3-6,8-10H,2,11H2,1H3. The zero-order valence-electron chi connectivity index (χ0n) is 9.74. The van der Waals surface area contributed by atoms with E-state index in [1.807, 2.05) is 30.3 Å². The van der Waals surface area contributed by atoms with Gasteiger partial charge in [-0.05, 0) is 41.8 Å². The lowest BCUT2D eigenvalue weighted by molar-refractivity contribution is 1.13. The summed E-state index contributed by atoms with van der Waals surface area (Å²) in [7, 11) is 0. The molecule has 0 saturated carbocycles. The van der Waals surface area contributed by atoms with Crippen molar-refractivity contribution in [2.24, 2.45) is 0 Å². The highest BCUT2D eigenvalue weighted by atomic mass is 35.5. The van der Waals surface area contributed by atoms with Gasteiger partial charge in [0.15, 0.2) is 0 Å². The average molecular weight is 262 g/mol. The van der Waals surface area contributed by atoms with Gasteiger partial charge < -0.3 is 0 Å². The molecule has 2 aromatic carbocycles. The molecule has 0 heterocycles. The number of rotatable bonds is 4. The number of hydrogen-bond donors (Lipinski definition) is 0. The van der Waals surface area contributed by atoms with E-state index in [2.05, 4.69) is 25.1 Å². The highest BCUT2D eigenvalue weighted by Gasteiger charge is 2.00. The Kier molecular flexibility index (Phi) is 4.52. The minimum atomic E-state index is 0.831. The molecule has 0 N–H and O–H groups in total. The highest BCUT2D eigenvalue weighted by molar-refractivity contribution is 7.98. The molecule has 0 aliphatic heterocycles. The highest BCUT2D eigenvalue weighted by Crippen LogP contribution is 2.24. The van der Waals surface area contributed by atoms with Gasteiger partial charge in [0.2, 0.25) is 0 Å². The molecule has 0 fully saturated rings. The van der Waals surface area contributed by atoms with Crippen molar-refractivity contribution in [3.63, 3.8) is 0 Å². The molecule has 0 aliphatic rings. The van der Waals surface area contributed by atoms with Crippen LogP contribution in [0.1, 0.15) is 18.1 Å². The largest absolute Gasteiger partial charge is 0.121 e. The molecular formula is C15H14ClS. The zero-order valence-corrected chi connectivity index (χ0v) is 11.3. The smallest absolute Gasteiger partial charge is 0.0411 e. The molecule has 0 nitrogen and oxygen atoms in total. The molecule has 1 radical (unpaired) electrons. The Morgan fingerprint density at radius 2 is 2.00 bits per heavy atom. The minimum Gasteiger partial charge on any atom is -0.121 e. The van der Waals surface area contributed by atoms with Gasteiger partial charge in [0, 0.05) is 15.7 Å². The fourth-order valence-corrected chi connectivity index (χ4v) is 2.73. The molecule has 0 amide bonds. The number of thioether (sulfide) groups is 1. The average Bonchev–Trinajstić information content (AvgIpc) is 2.37. The van der Waals surface area contributed by atoms with Gasteiger partial charge in [0.05, 0.1) is 0 Å². The van der Waals surface area contributed by atoms with Crippen LogP contribution in [-0.4, -0.2) is 0 Å². The topological polar surface area (TPSA) is 0 Å². The van der Waals surface area contributed by atoms with Crippen molar-refractivity contribution in [3.8, 4) is 0 Å². The zero-order chi connectivity index (χ0) is 12.1. The summed E-state index contributed by atoms with van der Waals surface area (Å²) in [6.45, 7) is 2.15. The molecule has 0 unspecified atom stereocenters. The first kappa shape index (κ1) is 12.5. The number of hydrogen-bond acceptors (Lipinski definition) is 1. The first-order valence-corrected chi connectivity index (χ1v) is 7.02. The normalized spacial score (nSPS) is 10.5.